The fraction of sp³-hybridized carbons (Fsp3) is 0.500. The van der Waals surface area contributed by atoms with Gasteiger partial charge in [-0.3, -0.25) is 9.89 Å². The van der Waals surface area contributed by atoms with Crippen LogP contribution in [0.3, 0.4) is 0 Å². The largest absolute Gasteiger partial charge is 0.468 e. The zero-order chi connectivity index (χ0) is 11.3. The molecule has 1 aromatic rings. The molecule has 0 bridgehead atoms. The molecule has 1 unspecified atom stereocenters. The van der Waals surface area contributed by atoms with E-state index in [1.54, 1.807) is 13.3 Å². The number of aliphatic imine (C=N–C) groups is 1. The predicted octanol–water partition coefficient (Wildman–Crippen LogP) is 0.416. The average Bonchev–Trinajstić information content (AvgIpc) is 2.70. The Morgan fingerprint density at radius 2 is 2.40 bits per heavy atom. The topological polar surface area (TPSA) is 66.8 Å². The van der Waals surface area contributed by atoms with Crippen molar-refractivity contribution >= 4 is 5.96 Å². The Balaban J connectivity index is 2.60. The predicted molar refractivity (Wildman–Crippen MR) is 60.7 cm³/mol. The quantitative estimate of drug-likeness (QED) is 0.558. The Labute approximate surface area is 90.0 Å². The number of rotatable bonds is 4. The van der Waals surface area contributed by atoms with Crippen LogP contribution in [-0.2, 0) is 0 Å². The lowest BCUT2D eigenvalue weighted by Gasteiger charge is -2.22. The van der Waals surface area contributed by atoms with Gasteiger partial charge in [-0.25, -0.2) is 0 Å². The van der Waals surface area contributed by atoms with Crippen molar-refractivity contribution in [2.24, 2.45) is 10.7 Å². The minimum Gasteiger partial charge on any atom is -0.468 e. The molecule has 0 saturated carbocycles. The molecule has 5 heteroatoms. The second kappa shape index (κ2) is 5.41. The van der Waals surface area contributed by atoms with E-state index in [1.807, 2.05) is 26.2 Å². The van der Waals surface area contributed by atoms with E-state index in [9.17, 15) is 0 Å². The highest BCUT2D eigenvalue weighted by molar-refractivity contribution is 5.77. The second-order valence-electron chi connectivity index (χ2n) is 3.48. The van der Waals surface area contributed by atoms with Crippen molar-refractivity contribution in [1.29, 1.82) is 0 Å². The van der Waals surface area contributed by atoms with E-state index in [4.69, 9.17) is 10.2 Å². The van der Waals surface area contributed by atoms with Crippen molar-refractivity contribution in [1.82, 2.24) is 10.2 Å². The zero-order valence-electron chi connectivity index (χ0n) is 9.40. The van der Waals surface area contributed by atoms with Gasteiger partial charge in [-0.15, -0.1) is 0 Å². The van der Waals surface area contributed by atoms with Gasteiger partial charge >= 0.3 is 0 Å². The molecule has 1 aromatic heterocycles. The number of nitrogens with two attached hydrogens (primary N) is 1. The van der Waals surface area contributed by atoms with Crippen LogP contribution in [0.4, 0.5) is 0 Å². The number of likely N-dealkylation sites (N-methyl/N-ethyl adjacent to an activating group) is 1. The van der Waals surface area contributed by atoms with Crippen LogP contribution in [0.5, 0.6) is 0 Å². The molecule has 0 fully saturated rings. The molecule has 0 aliphatic rings. The van der Waals surface area contributed by atoms with Gasteiger partial charge < -0.3 is 15.5 Å². The summed E-state index contributed by atoms with van der Waals surface area (Å²) in [6.07, 6.45) is 1.67. The Kier molecular flexibility index (Phi) is 4.17. The Bertz CT molecular complexity index is 305. The second-order valence-corrected chi connectivity index (χ2v) is 3.48. The first-order valence-corrected chi connectivity index (χ1v) is 4.81. The van der Waals surface area contributed by atoms with E-state index in [0.717, 1.165) is 5.76 Å². The summed E-state index contributed by atoms with van der Waals surface area (Å²) in [4.78, 5) is 5.90. The monoisotopic (exact) mass is 210 g/mol. The van der Waals surface area contributed by atoms with Crippen molar-refractivity contribution < 1.29 is 4.42 Å². The molecule has 0 aliphatic carbocycles. The van der Waals surface area contributed by atoms with E-state index >= 15 is 0 Å². The van der Waals surface area contributed by atoms with Crippen LogP contribution < -0.4 is 11.1 Å². The van der Waals surface area contributed by atoms with Crippen molar-refractivity contribution in [3.05, 3.63) is 24.2 Å². The fourth-order valence-electron chi connectivity index (χ4n) is 1.30. The van der Waals surface area contributed by atoms with Gasteiger partial charge in [-0.1, -0.05) is 0 Å². The molecule has 1 heterocycles. The molecular formula is C10H18N4O. The van der Waals surface area contributed by atoms with Crippen LogP contribution in [-0.4, -0.2) is 38.5 Å². The first kappa shape index (κ1) is 11.6. The first-order valence-electron chi connectivity index (χ1n) is 4.81. The van der Waals surface area contributed by atoms with Crippen molar-refractivity contribution in [3.63, 3.8) is 0 Å². The van der Waals surface area contributed by atoms with Gasteiger partial charge in [0, 0.05) is 13.6 Å². The molecule has 0 aliphatic heterocycles. The number of nitrogens with zero attached hydrogens (tertiary/aromatic N) is 2. The standard InChI is InChI=1S/C10H18N4O/c1-12-10(11)13-7-8(14(2)3)9-5-4-6-15-9/h4-6,8H,7H2,1-3H3,(H3,11,12,13). The van der Waals surface area contributed by atoms with Crippen LogP contribution in [0.25, 0.3) is 0 Å². The average molecular weight is 210 g/mol. The van der Waals surface area contributed by atoms with Crippen molar-refractivity contribution in [3.8, 4) is 0 Å². The van der Waals surface area contributed by atoms with Gasteiger partial charge in [0.05, 0.1) is 12.3 Å². The molecule has 3 N–H and O–H groups in total. The van der Waals surface area contributed by atoms with Crippen LogP contribution in [0.2, 0.25) is 0 Å². The Morgan fingerprint density at radius 3 is 2.87 bits per heavy atom. The summed E-state index contributed by atoms with van der Waals surface area (Å²) in [5, 5.41) is 3.03. The maximum absolute atomic E-state index is 5.56. The number of nitrogens with one attached hydrogen (secondary N) is 1. The summed E-state index contributed by atoms with van der Waals surface area (Å²) >= 11 is 0. The molecule has 0 radical (unpaired) electrons. The van der Waals surface area contributed by atoms with Crippen LogP contribution >= 0.6 is 0 Å². The first-order chi connectivity index (χ1) is 7.15. The summed E-state index contributed by atoms with van der Waals surface area (Å²) in [6.45, 7) is 0.670. The van der Waals surface area contributed by atoms with E-state index in [0.29, 0.717) is 12.5 Å². The van der Waals surface area contributed by atoms with Crippen LogP contribution in [0.15, 0.2) is 27.8 Å². The Morgan fingerprint density at radius 1 is 1.67 bits per heavy atom. The summed E-state index contributed by atoms with van der Waals surface area (Å²) in [5.41, 5.74) is 5.56. The maximum Gasteiger partial charge on any atom is 0.188 e. The highest BCUT2D eigenvalue weighted by atomic mass is 16.3. The zero-order valence-corrected chi connectivity index (χ0v) is 9.40. The SMILES string of the molecule is CN=C(N)NCC(c1ccco1)N(C)C. The van der Waals surface area contributed by atoms with Crippen LogP contribution in [0.1, 0.15) is 11.8 Å². The summed E-state index contributed by atoms with van der Waals surface area (Å²) in [7, 11) is 5.64. The number of guanidine groups is 1. The fourth-order valence-corrected chi connectivity index (χ4v) is 1.30. The van der Waals surface area contributed by atoms with Gasteiger partial charge in [-0.2, -0.15) is 0 Å². The molecule has 5 nitrogen and oxygen atoms in total. The van der Waals surface area contributed by atoms with Gasteiger partial charge in [-0.05, 0) is 26.2 Å². The van der Waals surface area contributed by atoms with Gasteiger partial charge in [0.15, 0.2) is 5.96 Å². The van der Waals surface area contributed by atoms with Gasteiger partial charge in [0.1, 0.15) is 5.76 Å². The summed E-state index contributed by atoms with van der Waals surface area (Å²) in [6, 6.07) is 3.98. The van der Waals surface area contributed by atoms with E-state index in [-0.39, 0.29) is 6.04 Å². The molecule has 15 heavy (non-hydrogen) atoms. The number of furan rings is 1. The third-order valence-electron chi connectivity index (χ3n) is 2.21. The molecule has 1 rings (SSSR count). The third-order valence-corrected chi connectivity index (χ3v) is 2.21. The minimum atomic E-state index is 0.153. The van der Waals surface area contributed by atoms with E-state index in [1.165, 1.54) is 0 Å². The number of hydrogen-bond donors (Lipinski definition) is 2. The van der Waals surface area contributed by atoms with Crippen molar-refractivity contribution in [2.75, 3.05) is 27.7 Å². The molecule has 0 aromatic carbocycles. The molecule has 0 amide bonds. The lowest BCUT2D eigenvalue weighted by molar-refractivity contribution is 0.258. The van der Waals surface area contributed by atoms with Crippen LogP contribution in [0, 0.1) is 0 Å². The molecular weight excluding hydrogens is 192 g/mol. The highest BCUT2D eigenvalue weighted by Gasteiger charge is 2.16. The maximum atomic E-state index is 5.56. The van der Waals surface area contributed by atoms with E-state index < -0.39 is 0 Å². The lowest BCUT2D eigenvalue weighted by Crippen LogP contribution is -2.38. The minimum absolute atomic E-state index is 0.153. The number of hydrogen-bond acceptors (Lipinski definition) is 3. The highest BCUT2D eigenvalue weighted by Crippen LogP contribution is 2.17. The smallest absolute Gasteiger partial charge is 0.188 e. The molecule has 0 saturated heterocycles. The molecule has 0 spiro atoms. The van der Waals surface area contributed by atoms with E-state index in [2.05, 4.69) is 15.2 Å². The van der Waals surface area contributed by atoms with Crippen molar-refractivity contribution in [2.45, 2.75) is 6.04 Å². The molecule has 84 valence electrons. The Hall–Kier alpha value is -1.49. The lowest BCUT2D eigenvalue weighted by atomic mass is 10.2. The third kappa shape index (κ3) is 3.28. The normalized spacial score (nSPS) is 14.3. The van der Waals surface area contributed by atoms with Gasteiger partial charge in [0.25, 0.3) is 0 Å². The summed E-state index contributed by atoms with van der Waals surface area (Å²) in [5.74, 6) is 1.35. The summed E-state index contributed by atoms with van der Waals surface area (Å²) < 4.78 is 5.36. The molecule has 1 atom stereocenters. The van der Waals surface area contributed by atoms with Gasteiger partial charge in [0.2, 0.25) is 0 Å².